The molecule has 6 nitrogen and oxygen atoms in total. The summed E-state index contributed by atoms with van der Waals surface area (Å²) in [5, 5.41) is 9.26. The fourth-order valence-electron chi connectivity index (χ4n) is 2.78. The molecule has 2 aromatic rings. The van der Waals surface area contributed by atoms with Gasteiger partial charge >= 0.3 is 5.97 Å². The number of aliphatic carboxylic acids is 1. The minimum Gasteiger partial charge on any atom is -0.480 e. The summed E-state index contributed by atoms with van der Waals surface area (Å²) in [4.78, 5) is 50.1. The van der Waals surface area contributed by atoms with Crippen molar-refractivity contribution in [1.29, 1.82) is 0 Å². The highest BCUT2D eigenvalue weighted by Gasteiger charge is 2.42. The van der Waals surface area contributed by atoms with Gasteiger partial charge in [0.25, 0.3) is 11.8 Å². The fourth-order valence-corrected chi connectivity index (χ4v) is 3.56. The number of hydrogen-bond donors (Lipinski definition) is 1. The number of amides is 2. The van der Waals surface area contributed by atoms with E-state index in [1.807, 2.05) is 6.07 Å². The van der Waals surface area contributed by atoms with Crippen LogP contribution in [0.4, 0.5) is 0 Å². The Hall–Kier alpha value is -2.93. The minimum absolute atomic E-state index is 0.0655. The van der Waals surface area contributed by atoms with Crippen molar-refractivity contribution in [2.75, 3.05) is 0 Å². The van der Waals surface area contributed by atoms with Gasteiger partial charge in [0.15, 0.2) is 5.12 Å². The van der Waals surface area contributed by atoms with Crippen LogP contribution in [0.25, 0.3) is 0 Å². The summed E-state index contributed by atoms with van der Waals surface area (Å²) in [5.74, 6) is -2.58. The molecule has 0 fully saturated rings. The summed E-state index contributed by atoms with van der Waals surface area (Å²) >= 11 is 1.01. The number of carboxylic acids is 1. The third kappa shape index (κ3) is 3.52. The smallest absolute Gasteiger partial charge is 0.326 e. The van der Waals surface area contributed by atoms with Crippen molar-refractivity contribution in [2.45, 2.75) is 23.8 Å². The molecule has 26 heavy (non-hydrogen) atoms. The normalized spacial score (nSPS) is 14.2. The van der Waals surface area contributed by atoms with Crippen molar-refractivity contribution in [1.82, 2.24) is 4.90 Å². The molecular weight excluding hydrogens is 354 g/mol. The molecule has 1 atom stereocenters. The maximum Gasteiger partial charge on any atom is 0.326 e. The molecule has 0 aromatic heterocycles. The van der Waals surface area contributed by atoms with Crippen molar-refractivity contribution >= 4 is 34.7 Å². The molecule has 0 radical (unpaired) electrons. The van der Waals surface area contributed by atoms with Crippen LogP contribution in [-0.2, 0) is 9.59 Å². The van der Waals surface area contributed by atoms with Crippen molar-refractivity contribution in [3.63, 3.8) is 0 Å². The lowest BCUT2D eigenvalue weighted by molar-refractivity contribution is -0.141. The Morgan fingerprint density at radius 2 is 1.46 bits per heavy atom. The Labute approximate surface area is 153 Å². The number of imide groups is 1. The highest BCUT2D eigenvalue weighted by molar-refractivity contribution is 8.13. The molecule has 0 bridgehead atoms. The molecule has 0 spiro atoms. The average Bonchev–Trinajstić information content (AvgIpc) is 2.88. The van der Waals surface area contributed by atoms with Gasteiger partial charge in [-0.15, -0.1) is 0 Å². The molecule has 132 valence electrons. The van der Waals surface area contributed by atoms with E-state index in [2.05, 4.69) is 0 Å². The van der Waals surface area contributed by atoms with Gasteiger partial charge in [-0.3, -0.25) is 19.3 Å². The van der Waals surface area contributed by atoms with Gasteiger partial charge in [0.1, 0.15) is 6.04 Å². The molecule has 3 rings (SSSR count). The Bertz CT molecular complexity index is 846. The first-order chi connectivity index (χ1) is 12.5. The zero-order chi connectivity index (χ0) is 18.7. The van der Waals surface area contributed by atoms with Crippen molar-refractivity contribution in [3.8, 4) is 0 Å². The summed E-state index contributed by atoms with van der Waals surface area (Å²) < 4.78 is 0. The van der Waals surface area contributed by atoms with Crippen molar-refractivity contribution in [2.24, 2.45) is 0 Å². The van der Waals surface area contributed by atoms with Crippen LogP contribution < -0.4 is 0 Å². The van der Waals surface area contributed by atoms with Gasteiger partial charge in [-0.05, 0) is 30.7 Å². The lowest BCUT2D eigenvalue weighted by Gasteiger charge is -2.22. The second kappa shape index (κ2) is 7.53. The highest BCUT2D eigenvalue weighted by Crippen LogP contribution is 2.27. The molecule has 1 aliphatic rings. The summed E-state index contributed by atoms with van der Waals surface area (Å²) in [7, 11) is 0. The molecule has 2 aromatic carbocycles. The number of carbonyl (C=O) groups is 4. The van der Waals surface area contributed by atoms with Crippen LogP contribution in [0.3, 0.4) is 0 Å². The lowest BCUT2D eigenvalue weighted by atomic mass is 10.1. The summed E-state index contributed by atoms with van der Waals surface area (Å²) in [6, 6.07) is 13.8. The predicted molar refractivity (Wildman–Crippen MR) is 94.9 cm³/mol. The molecule has 1 aliphatic heterocycles. The van der Waals surface area contributed by atoms with Crippen LogP contribution in [0.2, 0.25) is 0 Å². The van der Waals surface area contributed by atoms with Crippen LogP contribution in [0, 0.1) is 0 Å². The topological polar surface area (TPSA) is 91.8 Å². The number of rotatable bonds is 6. The second-order valence-electron chi connectivity index (χ2n) is 5.71. The number of carboxylic acid groups (broad SMARTS) is 1. The zero-order valence-corrected chi connectivity index (χ0v) is 14.4. The SMILES string of the molecule is O=C(CC[C@@H](C(=O)O)N1C(=O)c2ccccc2C1=O)Sc1ccccc1. The third-order valence-corrected chi connectivity index (χ3v) is 4.96. The standard InChI is InChI=1S/C19H15NO5S/c21-16(26-12-6-2-1-3-7-12)11-10-15(19(24)25)20-17(22)13-8-4-5-9-14(13)18(20)23/h1-9,15H,10-11H2,(H,24,25)/t15-/m0/s1. The monoisotopic (exact) mass is 369 g/mol. The van der Waals surface area contributed by atoms with E-state index in [9.17, 15) is 24.3 Å². The number of hydrogen-bond acceptors (Lipinski definition) is 5. The Morgan fingerprint density at radius 3 is 2.00 bits per heavy atom. The number of fused-ring (bicyclic) bond motifs is 1. The first-order valence-electron chi connectivity index (χ1n) is 7.94. The Morgan fingerprint density at radius 1 is 0.923 bits per heavy atom. The molecular formula is C19H15NO5S. The van der Waals surface area contributed by atoms with Crippen LogP contribution in [0.1, 0.15) is 33.6 Å². The van der Waals surface area contributed by atoms with Gasteiger partial charge in [0.05, 0.1) is 11.1 Å². The Balaban J connectivity index is 1.71. The second-order valence-corrected chi connectivity index (χ2v) is 6.84. The summed E-state index contributed by atoms with van der Waals surface area (Å²) in [6.07, 6.45) is -0.191. The van der Waals surface area contributed by atoms with E-state index in [0.29, 0.717) is 0 Å². The number of carbonyl (C=O) groups excluding carboxylic acids is 3. The van der Waals surface area contributed by atoms with Gasteiger partial charge < -0.3 is 5.11 Å². The fraction of sp³-hybridized carbons (Fsp3) is 0.158. The average molecular weight is 369 g/mol. The molecule has 0 saturated heterocycles. The molecule has 7 heteroatoms. The first kappa shape index (κ1) is 17.9. The van der Waals surface area contributed by atoms with Crippen LogP contribution in [0.15, 0.2) is 59.5 Å². The first-order valence-corrected chi connectivity index (χ1v) is 8.76. The molecule has 0 aliphatic carbocycles. The predicted octanol–water partition coefficient (Wildman–Crippen LogP) is 2.83. The lowest BCUT2D eigenvalue weighted by Crippen LogP contribution is -2.45. The maximum absolute atomic E-state index is 12.4. The van der Waals surface area contributed by atoms with Gasteiger partial charge in [0, 0.05) is 11.3 Å². The van der Waals surface area contributed by atoms with E-state index in [0.717, 1.165) is 21.6 Å². The molecule has 0 unspecified atom stereocenters. The van der Waals surface area contributed by atoms with Gasteiger partial charge in [-0.1, -0.05) is 42.1 Å². The quantitative estimate of drug-likeness (QED) is 0.622. The van der Waals surface area contributed by atoms with Crippen molar-refractivity contribution < 1.29 is 24.3 Å². The maximum atomic E-state index is 12.4. The molecule has 1 heterocycles. The number of benzene rings is 2. The summed E-state index contributed by atoms with van der Waals surface area (Å²) in [6.45, 7) is 0. The van der Waals surface area contributed by atoms with E-state index >= 15 is 0 Å². The van der Waals surface area contributed by atoms with E-state index in [1.165, 1.54) is 12.1 Å². The van der Waals surface area contributed by atoms with Crippen LogP contribution in [0.5, 0.6) is 0 Å². The van der Waals surface area contributed by atoms with E-state index in [4.69, 9.17) is 0 Å². The van der Waals surface area contributed by atoms with Crippen molar-refractivity contribution in [3.05, 3.63) is 65.7 Å². The summed E-state index contributed by atoms with van der Waals surface area (Å²) in [5.41, 5.74) is 0.377. The Kier molecular flexibility index (Phi) is 5.18. The number of thioether (sulfide) groups is 1. The molecule has 1 N–H and O–H groups in total. The van der Waals surface area contributed by atoms with Gasteiger partial charge in [-0.25, -0.2) is 4.79 Å². The number of nitrogens with zero attached hydrogens (tertiary/aromatic N) is 1. The van der Waals surface area contributed by atoms with E-state index in [1.54, 1.807) is 36.4 Å². The van der Waals surface area contributed by atoms with Gasteiger partial charge in [-0.2, -0.15) is 0 Å². The largest absolute Gasteiger partial charge is 0.480 e. The van der Waals surface area contributed by atoms with Crippen LogP contribution in [-0.4, -0.2) is 38.9 Å². The van der Waals surface area contributed by atoms with Gasteiger partial charge in [0.2, 0.25) is 0 Å². The molecule has 2 amide bonds. The van der Waals surface area contributed by atoms with Crippen LogP contribution >= 0.6 is 11.8 Å². The molecule has 0 saturated carbocycles. The third-order valence-electron chi connectivity index (χ3n) is 4.02. The zero-order valence-electron chi connectivity index (χ0n) is 13.6. The highest BCUT2D eigenvalue weighted by atomic mass is 32.2. The van der Waals surface area contributed by atoms with E-state index in [-0.39, 0.29) is 29.1 Å². The van der Waals surface area contributed by atoms with E-state index < -0.39 is 23.8 Å². The minimum atomic E-state index is -1.37.